The quantitative estimate of drug-likeness (QED) is 0.203. The SMILES string of the molecule is CNC(=O)CCCCCOCCCCOCCNC(=O)CCCCOCCCCCOC. The van der Waals surface area contributed by atoms with Crippen molar-refractivity contribution in [1.29, 1.82) is 0 Å². The first-order chi connectivity index (χ1) is 15.7. The van der Waals surface area contributed by atoms with Crippen LogP contribution >= 0.6 is 0 Å². The van der Waals surface area contributed by atoms with Gasteiger partial charge in [-0.15, -0.1) is 0 Å². The van der Waals surface area contributed by atoms with E-state index in [4.69, 9.17) is 18.9 Å². The average Bonchev–Trinajstić information content (AvgIpc) is 2.80. The Bertz CT molecular complexity index is 423. The molecule has 2 N–H and O–H groups in total. The van der Waals surface area contributed by atoms with Crippen LogP contribution in [0.2, 0.25) is 0 Å². The van der Waals surface area contributed by atoms with Crippen LogP contribution in [0.3, 0.4) is 0 Å². The lowest BCUT2D eigenvalue weighted by molar-refractivity contribution is -0.122. The molecule has 0 aromatic rings. The summed E-state index contributed by atoms with van der Waals surface area (Å²) in [6, 6.07) is 0. The number of hydrogen-bond acceptors (Lipinski definition) is 6. The van der Waals surface area contributed by atoms with Gasteiger partial charge in [-0.2, -0.15) is 0 Å². The Labute approximate surface area is 195 Å². The van der Waals surface area contributed by atoms with Crippen LogP contribution < -0.4 is 10.6 Å². The molecule has 0 saturated carbocycles. The summed E-state index contributed by atoms with van der Waals surface area (Å²) in [7, 11) is 3.39. The maximum atomic E-state index is 11.8. The zero-order valence-electron chi connectivity index (χ0n) is 20.6. The largest absolute Gasteiger partial charge is 0.385 e. The number of carbonyl (C=O) groups excluding carboxylic acids is 2. The highest BCUT2D eigenvalue weighted by atomic mass is 16.5. The van der Waals surface area contributed by atoms with E-state index in [1.165, 1.54) is 0 Å². The van der Waals surface area contributed by atoms with Crippen LogP contribution in [0.5, 0.6) is 0 Å². The summed E-state index contributed by atoms with van der Waals surface area (Å²) < 4.78 is 21.7. The fourth-order valence-corrected chi connectivity index (χ4v) is 2.97. The van der Waals surface area contributed by atoms with Gasteiger partial charge in [0.1, 0.15) is 0 Å². The Morgan fingerprint density at radius 1 is 0.562 bits per heavy atom. The van der Waals surface area contributed by atoms with Crippen LogP contribution in [0.4, 0.5) is 0 Å². The third-order valence-electron chi connectivity index (χ3n) is 4.95. The normalized spacial score (nSPS) is 10.9. The zero-order chi connectivity index (χ0) is 23.5. The van der Waals surface area contributed by atoms with E-state index in [-0.39, 0.29) is 11.8 Å². The molecule has 0 rings (SSSR count). The second-order valence-electron chi connectivity index (χ2n) is 7.89. The third-order valence-corrected chi connectivity index (χ3v) is 4.95. The molecule has 190 valence electrons. The Kier molecular flexibility index (Phi) is 25.0. The van der Waals surface area contributed by atoms with Crippen LogP contribution in [0.1, 0.15) is 77.0 Å². The van der Waals surface area contributed by atoms with Gasteiger partial charge in [0.15, 0.2) is 0 Å². The highest BCUT2D eigenvalue weighted by Crippen LogP contribution is 2.01. The van der Waals surface area contributed by atoms with Gasteiger partial charge < -0.3 is 29.6 Å². The summed E-state index contributed by atoms with van der Waals surface area (Å²) in [4.78, 5) is 22.8. The minimum absolute atomic E-state index is 0.0805. The number of unbranched alkanes of at least 4 members (excludes halogenated alkanes) is 6. The Balaban J connectivity index is 3.16. The molecule has 0 radical (unpaired) electrons. The lowest BCUT2D eigenvalue weighted by Gasteiger charge is -2.07. The van der Waals surface area contributed by atoms with Crippen LogP contribution in [-0.4, -0.2) is 78.8 Å². The van der Waals surface area contributed by atoms with Gasteiger partial charge in [0, 0.05) is 73.2 Å². The molecule has 0 fully saturated rings. The van der Waals surface area contributed by atoms with Crippen molar-refractivity contribution in [2.45, 2.75) is 77.0 Å². The molecule has 0 heterocycles. The number of carbonyl (C=O) groups is 2. The van der Waals surface area contributed by atoms with E-state index in [0.29, 0.717) is 32.6 Å². The molecule has 0 aliphatic heterocycles. The number of rotatable bonds is 25. The monoisotopic (exact) mass is 460 g/mol. The topological polar surface area (TPSA) is 95.1 Å². The van der Waals surface area contributed by atoms with Crippen LogP contribution in [0.25, 0.3) is 0 Å². The fourth-order valence-electron chi connectivity index (χ4n) is 2.97. The summed E-state index contributed by atoms with van der Waals surface area (Å²) in [6.07, 6.45) is 11.1. The Morgan fingerprint density at radius 3 is 1.59 bits per heavy atom. The lowest BCUT2D eigenvalue weighted by Crippen LogP contribution is -2.27. The van der Waals surface area contributed by atoms with Crippen LogP contribution in [0, 0.1) is 0 Å². The number of amides is 2. The highest BCUT2D eigenvalue weighted by molar-refractivity contribution is 5.75. The van der Waals surface area contributed by atoms with E-state index < -0.39 is 0 Å². The number of nitrogens with one attached hydrogen (secondary N) is 2. The molecule has 0 aliphatic rings. The first-order valence-corrected chi connectivity index (χ1v) is 12.4. The first kappa shape index (κ1) is 30.8. The molecule has 0 spiro atoms. The van der Waals surface area contributed by atoms with Gasteiger partial charge >= 0.3 is 0 Å². The van der Waals surface area contributed by atoms with Crippen molar-refractivity contribution >= 4 is 11.8 Å². The van der Waals surface area contributed by atoms with E-state index in [2.05, 4.69) is 10.6 Å². The smallest absolute Gasteiger partial charge is 0.220 e. The molecule has 0 aromatic carbocycles. The second kappa shape index (κ2) is 26.0. The van der Waals surface area contributed by atoms with E-state index in [1.54, 1.807) is 14.2 Å². The Morgan fingerprint density at radius 2 is 1.00 bits per heavy atom. The molecule has 0 unspecified atom stereocenters. The molecular formula is C24H48N2O6. The van der Waals surface area contributed by atoms with Crippen molar-refractivity contribution < 1.29 is 28.5 Å². The summed E-state index contributed by atoms with van der Waals surface area (Å²) in [5, 5.41) is 5.52. The maximum Gasteiger partial charge on any atom is 0.220 e. The first-order valence-electron chi connectivity index (χ1n) is 12.4. The number of methoxy groups -OCH3 is 1. The van der Waals surface area contributed by atoms with Gasteiger partial charge in [-0.1, -0.05) is 6.42 Å². The molecular weight excluding hydrogens is 412 g/mol. The average molecular weight is 461 g/mol. The van der Waals surface area contributed by atoms with Gasteiger partial charge in [0.2, 0.25) is 11.8 Å². The van der Waals surface area contributed by atoms with Gasteiger partial charge in [-0.3, -0.25) is 9.59 Å². The van der Waals surface area contributed by atoms with Gasteiger partial charge in [-0.25, -0.2) is 0 Å². The molecule has 0 bridgehead atoms. The zero-order valence-corrected chi connectivity index (χ0v) is 20.6. The maximum absolute atomic E-state index is 11.8. The van der Waals surface area contributed by atoms with Crippen molar-refractivity contribution in [3.63, 3.8) is 0 Å². The second-order valence-corrected chi connectivity index (χ2v) is 7.89. The fraction of sp³-hybridized carbons (Fsp3) is 0.917. The summed E-state index contributed by atoms with van der Waals surface area (Å²) >= 11 is 0. The third kappa shape index (κ3) is 25.0. The molecule has 8 nitrogen and oxygen atoms in total. The Hall–Kier alpha value is -1.22. The standard InChI is InChI=1S/C24H48N2O6/c1-25-23(27)13-5-3-8-17-31-20-11-12-21-32-22-15-26-24(28)14-6-10-19-30-18-9-4-7-16-29-2/h3-22H2,1-2H3,(H,25,27)(H,26,28). The van der Waals surface area contributed by atoms with Gasteiger partial charge in [0.25, 0.3) is 0 Å². The molecule has 0 aromatic heterocycles. The van der Waals surface area contributed by atoms with E-state index >= 15 is 0 Å². The highest BCUT2D eigenvalue weighted by Gasteiger charge is 2.01. The predicted octanol–water partition coefficient (Wildman–Crippen LogP) is 3.23. The van der Waals surface area contributed by atoms with E-state index in [0.717, 1.165) is 97.2 Å². The summed E-state index contributed by atoms with van der Waals surface area (Å²) in [6.45, 7) is 5.62. The van der Waals surface area contributed by atoms with Crippen molar-refractivity contribution in [1.82, 2.24) is 10.6 Å². The molecule has 0 atom stereocenters. The van der Waals surface area contributed by atoms with E-state index in [9.17, 15) is 9.59 Å². The number of ether oxygens (including phenoxy) is 4. The molecule has 8 heteroatoms. The van der Waals surface area contributed by atoms with E-state index in [1.807, 2.05) is 0 Å². The lowest BCUT2D eigenvalue weighted by atomic mass is 10.2. The summed E-state index contributed by atoms with van der Waals surface area (Å²) in [5.41, 5.74) is 0. The van der Waals surface area contributed by atoms with Gasteiger partial charge in [-0.05, 0) is 57.8 Å². The molecule has 2 amide bonds. The molecule has 32 heavy (non-hydrogen) atoms. The minimum Gasteiger partial charge on any atom is -0.385 e. The molecule has 0 aliphatic carbocycles. The molecule has 0 saturated heterocycles. The van der Waals surface area contributed by atoms with Crippen LogP contribution in [-0.2, 0) is 28.5 Å². The van der Waals surface area contributed by atoms with Crippen molar-refractivity contribution in [2.75, 3.05) is 67.0 Å². The minimum atomic E-state index is 0.0805. The van der Waals surface area contributed by atoms with Gasteiger partial charge in [0.05, 0.1) is 6.61 Å². The van der Waals surface area contributed by atoms with Crippen LogP contribution in [0.15, 0.2) is 0 Å². The predicted molar refractivity (Wildman–Crippen MR) is 127 cm³/mol. The van der Waals surface area contributed by atoms with Crippen molar-refractivity contribution in [3.8, 4) is 0 Å². The van der Waals surface area contributed by atoms with Crippen molar-refractivity contribution in [3.05, 3.63) is 0 Å². The van der Waals surface area contributed by atoms with Crippen molar-refractivity contribution in [2.24, 2.45) is 0 Å². The number of hydrogen-bond donors (Lipinski definition) is 2. The summed E-state index contributed by atoms with van der Waals surface area (Å²) in [5.74, 6) is 0.184.